The Hall–Kier alpha value is -1.39. The number of nitrogens with two attached hydrogens (primary N) is 1. The Balaban J connectivity index is 3.72. The van der Waals surface area contributed by atoms with Crippen molar-refractivity contribution in [1.29, 1.82) is 0 Å². The Morgan fingerprint density at radius 1 is 1.64 bits per heavy atom. The summed E-state index contributed by atoms with van der Waals surface area (Å²) in [6.07, 6.45) is 2.94. The summed E-state index contributed by atoms with van der Waals surface area (Å²) >= 11 is 0. The van der Waals surface area contributed by atoms with Gasteiger partial charge >= 0.3 is 6.03 Å². The van der Waals surface area contributed by atoms with Crippen molar-refractivity contribution in [1.82, 2.24) is 10.4 Å². The predicted molar refractivity (Wildman–Crippen MR) is 52.2 cm³/mol. The second-order valence-electron chi connectivity index (χ2n) is 2.72. The standard InChI is InChI=1S/C8H16N4O2/c1-2-4-11-12(8(9)14)6-3-5-10-7-13/h11H,2-6H2,1H3,(H2,9,14). The molecule has 0 heterocycles. The smallest absolute Gasteiger partial charge is 0.329 e. The van der Waals surface area contributed by atoms with Crippen LogP contribution in [-0.2, 0) is 4.79 Å². The normalized spacial score (nSPS) is 9.21. The largest absolute Gasteiger partial charge is 0.350 e. The summed E-state index contributed by atoms with van der Waals surface area (Å²) in [5.74, 6) is 0. The molecule has 0 fully saturated rings. The van der Waals surface area contributed by atoms with Crippen LogP contribution in [0.15, 0.2) is 4.99 Å². The highest BCUT2D eigenvalue weighted by Crippen LogP contribution is 1.88. The van der Waals surface area contributed by atoms with Crippen LogP contribution in [0.3, 0.4) is 0 Å². The van der Waals surface area contributed by atoms with Crippen LogP contribution in [0.2, 0.25) is 0 Å². The topological polar surface area (TPSA) is 87.8 Å². The van der Waals surface area contributed by atoms with Gasteiger partial charge in [0.1, 0.15) is 0 Å². The molecule has 0 bridgehead atoms. The van der Waals surface area contributed by atoms with E-state index in [1.165, 1.54) is 11.1 Å². The molecule has 0 aromatic carbocycles. The fourth-order valence-electron chi connectivity index (χ4n) is 0.867. The molecule has 0 aliphatic heterocycles. The van der Waals surface area contributed by atoms with Gasteiger partial charge in [-0.3, -0.25) is 5.01 Å². The molecule has 14 heavy (non-hydrogen) atoms. The Bertz CT molecular complexity index is 213. The van der Waals surface area contributed by atoms with E-state index in [0.717, 1.165) is 6.42 Å². The highest BCUT2D eigenvalue weighted by molar-refractivity contribution is 5.71. The number of aliphatic imine (C=N–C) groups is 1. The lowest BCUT2D eigenvalue weighted by molar-refractivity contribution is 0.179. The van der Waals surface area contributed by atoms with Gasteiger partial charge in [0, 0.05) is 13.1 Å². The molecule has 2 amide bonds. The van der Waals surface area contributed by atoms with Gasteiger partial charge < -0.3 is 5.73 Å². The van der Waals surface area contributed by atoms with Crippen LogP contribution in [0, 0.1) is 0 Å². The summed E-state index contributed by atoms with van der Waals surface area (Å²) in [5, 5.41) is 1.32. The molecule has 0 aliphatic rings. The number of carbonyl (C=O) groups is 1. The lowest BCUT2D eigenvalue weighted by Crippen LogP contribution is -2.46. The molecule has 0 radical (unpaired) electrons. The van der Waals surface area contributed by atoms with E-state index >= 15 is 0 Å². The SMILES string of the molecule is CCCNN(CCCN=C=O)C(N)=O. The van der Waals surface area contributed by atoms with Gasteiger partial charge in [0.2, 0.25) is 6.08 Å². The molecule has 6 heteroatoms. The molecule has 6 nitrogen and oxygen atoms in total. The molecule has 0 aromatic rings. The molecular formula is C8H16N4O2. The molecular weight excluding hydrogens is 184 g/mol. The summed E-state index contributed by atoms with van der Waals surface area (Å²) in [6, 6.07) is -0.520. The molecule has 0 spiro atoms. The van der Waals surface area contributed by atoms with Gasteiger partial charge in [-0.1, -0.05) is 6.92 Å². The number of hydrogen-bond acceptors (Lipinski definition) is 4. The number of nitrogens with one attached hydrogen (secondary N) is 1. The average Bonchev–Trinajstić information content (AvgIpc) is 2.16. The fourth-order valence-corrected chi connectivity index (χ4v) is 0.867. The summed E-state index contributed by atoms with van der Waals surface area (Å²) in [4.78, 5) is 24.0. The van der Waals surface area contributed by atoms with Crippen molar-refractivity contribution < 1.29 is 9.59 Å². The highest BCUT2D eigenvalue weighted by atomic mass is 16.2. The van der Waals surface area contributed by atoms with Gasteiger partial charge in [-0.15, -0.1) is 0 Å². The zero-order valence-corrected chi connectivity index (χ0v) is 8.32. The second kappa shape index (κ2) is 8.22. The summed E-state index contributed by atoms with van der Waals surface area (Å²) in [7, 11) is 0. The van der Waals surface area contributed by atoms with E-state index in [-0.39, 0.29) is 0 Å². The van der Waals surface area contributed by atoms with E-state index in [9.17, 15) is 9.59 Å². The van der Waals surface area contributed by atoms with Gasteiger partial charge in [0.15, 0.2) is 0 Å². The average molecular weight is 200 g/mol. The number of rotatable bonds is 7. The molecule has 3 N–H and O–H groups in total. The maximum Gasteiger partial charge on any atom is 0.329 e. The quantitative estimate of drug-likeness (QED) is 0.262. The minimum atomic E-state index is -0.520. The highest BCUT2D eigenvalue weighted by Gasteiger charge is 2.06. The fraction of sp³-hybridized carbons (Fsp3) is 0.750. The van der Waals surface area contributed by atoms with Crippen LogP contribution in [0.4, 0.5) is 4.79 Å². The molecule has 80 valence electrons. The lowest BCUT2D eigenvalue weighted by Gasteiger charge is -2.20. The van der Waals surface area contributed by atoms with E-state index in [0.29, 0.717) is 26.1 Å². The maximum absolute atomic E-state index is 10.8. The number of hydrogen-bond donors (Lipinski definition) is 2. The third-order valence-electron chi connectivity index (χ3n) is 1.53. The first kappa shape index (κ1) is 12.6. The van der Waals surface area contributed by atoms with Gasteiger partial charge in [-0.25, -0.2) is 20.0 Å². The Morgan fingerprint density at radius 3 is 2.86 bits per heavy atom. The molecule has 0 rings (SSSR count). The number of urea groups is 1. The molecule has 0 saturated carbocycles. The Morgan fingerprint density at radius 2 is 2.36 bits per heavy atom. The van der Waals surface area contributed by atoms with Crippen LogP contribution in [0.25, 0.3) is 0 Å². The first-order valence-electron chi connectivity index (χ1n) is 4.56. The first-order chi connectivity index (χ1) is 6.72. The number of nitrogens with zero attached hydrogens (tertiary/aromatic N) is 2. The lowest BCUT2D eigenvalue weighted by atomic mass is 10.4. The van der Waals surface area contributed by atoms with Crippen molar-refractivity contribution in [2.45, 2.75) is 19.8 Å². The molecule has 0 saturated heterocycles. The van der Waals surface area contributed by atoms with Gasteiger partial charge in [-0.05, 0) is 12.8 Å². The van der Waals surface area contributed by atoms with Crippen LogP contribution in [0.1, 0.15) is 19.8 Å². The maximum atomic E-state index is 10.8. The third kappa shape index (κ3) is 6.16. The van der Waals surface area contributed by atoms with E-state index in [1.54, 1.807) is 0 Å². The van der Waals surface area contributed by atoms with Gasteiger partial charge in [0.25, 0.3) is 0 Å². The van der Waals surface area contributed by atoms with Crippen LogP contribution in [0.5, 0.6) is 0 Å². The van der Waals surface area contributed by atoms with Crippen molar-refractivity contribution in [3.05, 3.63) is 0 Å². The first-order valence-corrected chi connectivity index (χ1v) is 4.56. The van der Waals surface area contributed by atoms with Crippen molar-refractivity contribution >= 4 is 12.1 Å². The minimum Gasteiger partial charge on any atom is -0.350 e. The summed E-state index contributed by atoms with van der Waals surface area (Å²) in [5.41, 5.74) is 7.97. The van der Waals surface area contributed by atoms with E-state index in [4.69, 9.17) is 5.73 Å². The van der Waals surface area contributed by atoms with E-state index in [1.807, 2.05) is 6.92 Å². The number of primary amides is 1. The number of amides is 2. The van der Waals surface area contributed by atoms with E-state index < -0.39 is 6.03 Å². The van der Waals surface area contributed by atoms with Crippen LogP contribution in [-0.4, -0.2) is 36.8 Å². The van der Waals surface area contributed by atoms with Crippen molar-refractivity contribution in [2.24, 2.45) is 10.7 Å². The number of hydrazine groups is 1. The van der Waals surface area contributed by atoms with E-state index in [2.05, 4.69) is 10.4 Å². The zero-order chi connectivity index (χ0) is 10.8. The number of isocyanates is 1. The summed E-state index contributed by atoms with van der Waals surface area (Å²) < 4.78 is 0. The van der Waals surface area contributed by atoms with Crippen LogP contribution >= 0.6 is 0 Å². The van der Waals surface area contributed by atoms with Gasteiger partial charge in [0.05, 0.1) is 6.54 Å². The monoisotopic (exact) mass is 200 g/mol. The van der Waals surface area contributed by atoms with Gasteiger partial charge in [-0.2, -0.15) is 0 Å². The second-order valence-corrected chi connectivity index (χ2v) is 2.72. The minimum absolute atomic E-state index is 0.362. The Labute approximate surface area is 83.1 Å². The predicted octanol–water partition coefficient (Wildman–Crippen LogP) is 0.00760. The third-order valence-corrected chi connectivity index (χ3v) is 1.53. The molecule has 0 aliphatic carbocycles. The zero-order valence-electron chi connectivity index (χ0n) is 8.32. The molecule has 0 atom stereocenters. The van der Waals surface area contributed by atoms with Crippen LogP contribution < -0.4 is 11.2 Å². The molecule has 0 aromatic heterocycles. The number of carbonyl (C=O) groups excluding carboxylic acids is 2. The van der Waals surface area contributed by atoms with Crippen molar-refractivity contribution in [2.75, 3.05) is 19.6 Å². The van der Waals surface area contributed by atoms with Crippen molar-refractivity contribution in [3.63, 3.8) is 0 Å². The summed E-state index contributed by atoms with van der Waals surface area (Å²) in [6.45, 7) is 3.49. The Kier molecular flexibility index (Phi) is 7.40. The molecule has 0 unspecified atom stereocenters. The van der Waals surface area contributed by atoms with Crippen molar-refractivity contribution in [3.8, 4) is 0 Å².